The molecule has 0 spiro atoms. The molecule has 0 saturated carbocycles. The lowest BCUT2D eigenvalue weighted by molar-refractivity contribution is -0.135. The lowest BCUT2D eigenvalue weighted by Crippen LogP contribution is -2.47. The molecule has 0 aromatic rings. The number of rotatable bonds is 4. The number of nitrogens with two attached hydrogens (primary N) is 1. The van der Waals surface area contributed by atoms with Crippen LogP contribution in [-0.2, 0) is 4.79 Å². The molecule has 0 aromatic carbocycles. The lowest BCUT2D eigenvalue weighted by atomic mass is 10.2. The molecule has 2 aliphatic heterocycles. The maximum Gasteiger partial charge on any atom is 0.239 e. The van der Waals surface area contributed by atoms with E-state index in [-0.39, 0.29) is 6.04 Å². The summed E-state index contributed by atoms with van der Waals surface area (Å²) in [7, 11) is 0. The van der Waals surface area contributed by atoms with Gasteiger partial charge in [-0.1, -0.05) is 0 Å². The Labute approximate surface area is 116 Å². The molecule has 0 aliphatic carbocycles. The minimum absolute atomic E-state index is 0.0379. The average molecular weight is 268 g/mol. The van der Waals surface area contributed by atoms with E-state index in [0.29, 0.717) is 5.91 Å². The second-order valence-corrected chi connectivity index (χ2v) is 5.73. The Morgan fingerprint density at radius 3 is 2.47 bits per heavy atom. The maximum absolute atomic E-state index is 12.4. The molecule has 19 heavy (non-hydrogen) atoms. The average Bonchev–Trinajstić information content (AvgIpc) is 2.85. The van der Waals surface area contributed by atoms with Crippen molar-refractivity contribution in [2.45, 2.75) is 32.2 Å². The van der Waals surface area contributed by atoms with Crippen molar-refractivity contribution in [3.63, 3.8) is 0 Å². The normalized spacial score (nSPS) is 24.4. The maximum atomic E-state index is 12.4. The fourth-order valence-electron chi connectivity index (χ4n) is 3.14. The number of hydrogen-bond acceptors (Lipinski definition) is 4. The SMILES string of the molecule is CC(C(=O)N1CCCC1)N1CCCN(CCN)CC1. The van der Waals surface area contributed by atoms with E-state index in [2.05, 4.69) is 16.7 Å². The van der Waals surface area contributed by atoms with E-state index >= 15 is 0 Å². The van der Waals surface area contributed by atoms with Crippen molar-refractivity contribution in [2.24, 2.45) is 5.73 Å². The van der Waals surface area contributed by atoms with Crippen LogP contribution < -0.4 is 5.73 Å². The molecule has 2 heterocycles. The Morgan fingerprint density at radius 1 is 1.05 bits per heavy atom. The van der Waals surface area contributed by atoms with Crippen LogP contribution in [0.5, 0.6) is 0 Å². The summed E-state index contributed by atoms with van der Waals surface area (Å²) in [6, 6.07) is 0.0379. The topological polar surface area (TPSA) is 52.8 Å². The van der Waals surface area contributed by atoms with Crippen molar-refractivity contribution in [1.82, 2.24) is 14.7 Å². The van der Waals surface area contributed by atoms with Gasteiger partial charge in [0.25, 0.3) is 0 Å². The summed E-state index contributed by atoms with van der Waals surface area (Å²) >= 11 is 0. The monoisotopic (exact) mass is 268 g/mol. The van der Waals surface area contributed by atoms with Crippen LogP contribution in [0, 0.1) is 0 Å². The molecule has 5 heteroatoms. The van der Waals surface area contributed by atoms with E-state index in [0.717, 1.165) is 58.8 Å². The Morgan fingerprint density at radius 2 is 1.79 bits per heavy atom. The van der Waals surface area contributed by atoms with Gasteiger partial charge in [0.15, 0.2) is 0 Å². The molecule has 0 aromatic heterocycles. The van der Waals surface area contributed by atoms with Gasteiger partial charge < -0.3 is 15.5 Å². The van der Waals surface area contributed by atoms with Gasteiger partial charge in [-0.2, -0.15) is 0 Å². The highest BCUT2D eigenvalue weighted by Crippen LogP contribution is 2.13. The van der Waals surface area contributed by atoms with Crippen LogP contribution in [0.25, 0.3) is 0 Å². The highest BCUT2D eigenvalue weighted by molar-refractivity contribution is 5.81. The van der Waals surface area contributed by atoms with Gasteiger partial charge in [0.1, 0.15) is 0 Å². The van der Waals surface area contributed by atoms with E-state index in [9.17, 15) is 4.79 Å². The zero-order valence-electron chi connectivity index (χ0n) is 12.2. The van der Waals surface area contributed by atoms with Crippen molar-refractivity contribution in [3.8, 4) is 0 Å². The number of hydrogen-bond donors (Lipinski definition) is 1. The summed E-state index contributed by atoms with van der Waals surface area (Å²) in [6.45, 7) is 9.84. The highest BCUT2D eigenvalue weighted by Gasteiger charge is 2.28. The van der Waals surface area contributed by atoms with Gasteiger partial charge in [0.05, 0.1) is 6.04 Å². The van der Waals surface area contributed by atoms with Crippen molar-refractivity contribution in [1.29, 1.82) is 0 Å². The molecule has 1 unspecified atom stereocenters. The molecule has 2 rings (SSSR count). The van der Waals surface area contributed by atoms with Crippen LogP contribution in [0.4, 0.5) is 0 Å². The summed E-state index contributed by atoms with van der Waals surface area (Å²) in [5.41, 5.74) is 5.62. The Bertz CT molecular complexity index is 291. The van der Waals surface area contributed by atoms with Gasteiger partial charge in [-0.25, -0.2) is 0 Å². The number of nitrogens with zero attached hydrogens (tertiary/aromatic N) is 3. The minimum atomic E-state index is 0.0379. The van der Waals surface area contributed by atoms with E-state index in [1.807, 2.05) is 4.90 Å². The molecule has 1 amide bonds. The third-order valence-corrected chi connectivity index (χ3v) is 4.39. The predicted molar refractivity (Wildman–Crippen MR) is 77.0 cm³/mol. The van der Waals surface area contributed by atoms with Crippen molar-refractivity contribution >= 4 is 5.91 Å². The van der Waals surface area contributed by atoms with E-state index in [1.165, 1.54) is 12.8 Å². The first-order chi connectivity index (χ1) is 9.22. The van der Waals surface area contributed by atoms with E-state index in [1.54, 1.807) is 0 Å². The molecule has 5 nitrogen and oxygen atoms in total. The summed E-state index contributed by atoms with van der Waals surface area (Å²) in [4.78, 5) is 19.2. The fourth-order valence-corrected chi connectivity index (χ4v) is 3.14. The van der Waals surface area contributed by atoms with Crippen molar-refractivity contribution in [2.75, 3.05) is 52.4 Å². The molecule has 1 atom stereocenters. The Balaban J connectivity index is 1.84. The van der Waals surface area contributed by atoms with Gasteiger partial charge in [-0.3, -0.25) is 9.69 Å². The zero-order chi connectivity index (χ0) is 13.7. The molecular formula is C14H28N4O. The Hall–Kier alpha value is -0.650. The van der Waals surface area contributed by atoms with Crippen LogP contribution in [0.3, 0.4) is 0 Å². The Kier molecular flexibility index (Phi) is 5.60. The molecule has 2 aliphatic rings. The van der Waals surface area contributed by atoms with Crippen molar-refractivity contribution < 1.29 is 4.79 Å². The van der Waals surface area contributed by atoms with E-state index < -0.39 is 0 Å². The van der Waals surface area contributed by atoms with Crippen LogP contribution in [0.2, 0.25) is 0 Å². The third kappa shape index (κ3) is 3.91. The van der Waals surface area contributed by atoms with Crippen molar-refractivity contribution in [3.05, 3.63) is 0 Å². The summed E-state index contributed by atoms with van der Waals surface area (Å²) < 4.78 is 0. The largest absolute Gasteiger partial charge is 0.341 e. The first kappa shape index (κ1) is 14.8. The smallest absolute Gasteiger partial charge is 0.239 e. The third-order valence-electron chi connectivity index (χ3n) is 4.39. The molecule has 0 radical (unpaired) electrons. The second-order valence-electron chi connectivity index (χ2n) is 5.73. The molecule has 0 bridgehead atoms. The molecule has 110 valence electrons. The fraction of sp³-hybridized carbons (Fsp3) is 0.929. The summed E-state index contributed by atoms with van der Waals surface area (Å²) in [5, 5.41) is 0. The number of amides is 1. The van der Waals surface area contributed by atoms with Gasteiger partial charge in [-0.05, 0) is 32.7 Å². The number of carbonyl (C=O) groups is 1. The predicted octanol–water partition coefficient (Wildman–Crippen LogP) is -0.0363. The lowest BCUT2D eigenvalue weighted by Gasteiger charge is -2.30. The quantitative estimate of drug-likeness (QED) is 0.777. The van der Waals surface area contributed by atoms with Crippen LogP contribution in [0.15, 0.2) is 0 Å². The van der Waals surface area contributed by atoms with E-state index in [4.69, 9.17) is 5.73 Å². The highest BCUT2D eigenvalue weighted by atomic mass is 16.2. The van der Waals surface area contributed by atoms with Gasteiger partial charge in [-0.15, -0.1) is 0 Å². The first-order valence-electron chi connectivity index (χ1n) is 7.67. The molecular weight excluding hydrogens is 240 g/mol. The number of carbonyl (C=O) groups excluding carboxylic acids is 1. The van der Waals surface area contributed by atoms with Gasteiger partial charge in [0, 0.05) is 45.8 Å². The zero-order valence-corrected chi connectivity index (χ0v) is 12.2. The van der Waals surface area contributed by atoms with Crippen LogP contribution >= 0.6 is 0 Å². The molecule has 2 fully saturated rings. The first-order valence-corrected chi connectivity index (χ1v) is 7.67. The molecule has 2 N–H and O–H groups in total. The standard InChI is InChI=1S/C14H28N4O/c1-13(14(19)18-7-2-3-8-18)17-9-4-6-16(10-5-15)11-12-17/h13H,2-12,15H2,1H3. The summed E-state index contributed by atoms with van der Waals surface area (Å²) in [6.07, 6.45) is 3.48. The van der Waals surface area contributed by atoms with Gasteiger partial charge >= 0.3 is 0 Å². The minimum Gasteiger partial charge on any atom is -0.341 e. The summed E-state index contributed by atoms with van der Waals surface area (Å²) in [5.74, 6) is 0.324. The number of likely N-dealkylation sites (tertiary alicyclic amines) is 1. The van der Waals surface area contributed by atoms with Gasteiger partial charge in [0.2, 0.25) is 5.91 Å². The van der Waals surface area contributed by atoms with Crippen LogP contribution in [0.1, 0.15) is 26.2 Å². The van der Waals surface area contributed by atoms with Crippen LogP contribution in [-0.4, -0.2) is 79.0 Å². The second kappa shape index (κ2) is 7.22. The molecule has 2 saturated heterocycles.